The molecule has 3 fully saturated rings. The fourth-order valence-corrected chi connectivity index (χ4v) is 5.92. The number of nitrogens with zero attached hydrogens (tertiary/aromatic N) is 3. The molecule has 1 aromatic rings. The molecule has 3 amide bonds. The molecule has 9 nitrogen and oxygen atoms in total. The summed E-state index contributed by atoms with van der Waals surface area (Å²) < 4.78 is 12.4. The smallest absolute Gasteiger partial charge is 0.257 e. The summed E-state index contributed by atoms with van der Waals surface area (Å²) in [5, 5.41) is 2.99. The largest absolute Gasteiger partial charge is 0.490 e. The molecule has 3 heterocycles. The fraction of sp³-hybridized carbons (Fsp3) is 0.667. The summed E-state index contributed by atoms with van der Waals surface area (Å²) in [6, 6.07) is 5.14. The third kappa shape index (κ3) is 5.37. The van der Waals surface area contributed by atoms with Crippen LogP contribution >= 0.6 is 0 Å². The molecule has 4 aliphatic rings. The van der Waals surface area contributed by atoms with Crippen molar-refractivity contribution >= 4 is 23.4 Å². The number of carbonyl (C=O) groups is 3. The minimum atomic E-state index is -0.298. The Morgan fingerprint density at radius 2 is 1.78 bits per heavy atom. The summed E-state index contributed by atoms with van der Waals surface area (Å²) in [6.45, 7) is 3.62. The molecule has 5 rings (SSSR count). The van der Waals surface area contributed by atoms with Gasteiger partial charge in [0.2, 0.25) is 11.8 Å². The zero-order valence-electron chi connectivity index (χ0n) is 21.4. The van der Waals surface area contributed by atoms with Gasteiger partial charge in [-0.05, 0) is 50.9 Å². The minimum absolute atomic E-state index is 0.0259. The zero-order chi connectivity index (χ0) is 25.2. The quantitative estimate of drug-likeness (QED) is 0.685. The third-order valence-electron chi connectivity index (χ3n) is 8.26. The number of rotatable bonds is 4. The number of hydrogen-bond acceptors (Lipinski definition) is 6. The Morgan fingerprint density at radius 1 is 1.03 bits per heavy atom. The molecule has 0 unspecified atom stereocenters. The van der Waals surface area contributed by atoms with Crippen molar-refractivity contribution < 1.29 is 23.9 Å². The van der Waals surface area contributed by atoms with Crippen molar-refractivity contribution in [1.29, 1.82) is 0 Å². The van der Waals surface area contributed by atoms with Gasteiger partial charge in [-0.2, -0.15) is 0 Å². The lowest BCUT2D eigenvalue weighted by Crippen LogP contribution is -2.54. The van der Waals surface area contributed by atoms with E-state index >= 15 is 0 Å². The Hall–Kier alpha value is -2.65. The first-order valence-corrected chi connectivity index (χ1v) is 13.4. The Bertz CT molecular complexity index is 986. The molecule has 36 heavy (non-hydrogen) atoms. The van der Waals surface area contributed by atoms with Gasteiger partial charge in [0, 0.05) is 44.8 Å². The molecule has 3 atom stereocenters. The lowest BCUT2D eigenvalue weighted by Gasteiger charge is -2.42. The van der Waals surface area contributed by atoms with Crippen molar-refractivity contribution in [2.24, 2.45) is 5.92 Å². The molecule has 196 valence electrons. The van der Waals surface area contributed by atoms with Gasteiger partial charge in [-0.15, -0.1) is 0 Å². The van der Waals surface area contributed by atoms with E-state index in [2.05, 4.69) is 17.3 Å². The second-order valence-electron chi connectivity index (χ2n) is 10.7. The topological polar surface area (TPSA) is 91.4 Å². The van der Waals surface area contributed by atoms with Crippen LogP contribution in [-0.2, 0) is 14.3 Å². The number of carbonyl (C=O) groups excluding carboxylic acids is 3. The molecular formula is C27H38N4O5. The molecule has 0 spiro atoms. The van der Waals surface area contributed by atoms with Gasteiger partial charge >= 0.3 is 0 Å². The predicted molar refractivity (Wildman–Crippen MR) is 135 cm³/mol. The standard InChI is InChI=1S/C27H38N4O5/c1-29-11-13-31(14-12-29)25(32)16-20-8-9-22-24(36-20)17-35-23-10-7-19(15-21(23)27(34)30(22)2)28-26(33)18-5-3-4-6-18/h7,10,15,18,20,22,24H,3-6,8-9,11-14,16-17H2,1-2H3,(H,28,33)/t20-,22+,24+/m1/s1. The van der Waals surface area contributed by atoms with Crippen LogP contribution in [0.1, 0.15) is 55.3 Å². The van der Waals surface area contributed by atoms with Gasteiger partial charge in [0.05, 0.1) is 24.1 Å². The van der Waals surface area contributed by atoms with E-state index in [0.29, 0.717) is 30.0 Å². The average Bonchev–Trinajstić information content (AvgIpc) is 3.42. The number of likely N-dealkylation sites (N-methyl/N-ethyl adjacent to an activating group) is 2. The Labute approximate surface area is 213 Å². The Kier molecular flexibility index (Phi) is 7.48. The van der Waals surface area contributed by atoms with E-state index in [1.807, 2.05) is 4.90 Å². The van der Waals surface area contributed by atoms with E-state index in [0.717, 1.165) is 64.7 Å². The summed E-state index contributed by atoms with van der Waals surface area (Å²) in [4.78, 5) is 44.8. The molecule has 0 bridgehead atoms. The second-order valence-corrected chi connectivity index (χ2v) is 10.7. The second kappa shape index (κ2) is 10.8. The van der Waals surface area contributed by atoms with E-state index in [4.69, 9.17) is 9.47 Å². The fourth-order valence-electron chi connectivity index (χ4n) is 5.92. The highest BCUT2D eigenvalue weighted by molar-refractivity contribution is 6.00. The van der Waals surface area contributed by atoms with Crippen molar-refractivity contribution in [2.45, 2.75) is 63.2 Å². The lowest BCUT2D eigenvalue weighted by atomic mass is 9.94. The van der Waals surface area contributed by atoms with Gasteiger partial charge in [0.1, 0.15) is 18.5 Å². The van der Waals surface area contributed by atoms with E-state index in [9.17, 15) is 14.4 Å². The number of benzene rings is 1. The van der Waals surface area contributed by atoms with Crippen molar-refractivity contribution in [3.8, 4) is 5.75 Å². The van der Waals surface area contributed by atoms with Crippen LogP contribution in [0.2, 0.25) is 0 Å². The average molecular weight is 499 g/mol. The van der Waals surface area contributed by atoms with Crippen LogP contribution in [0, 0.1) is 5.92 Å². The van der Waals surface area contributed by atoms with Crippen LogP contribution in [0.3, 0.4) is 0 Å². The molecule has 0 radical (unpaired) electrons. The highest BCUT2D eigenvalue weighted by Crippen LogP contribution is 2.33. The highest BCUT2D eigenvalue weighted by atomic mass is 16.5. The third-order valence-corrected chi connectivity index (χ3v) is 8.26. The minimum Gasteiger partial charge on any atom is -0.490 e. The van der Waals surface area contributed by atoms with E-state index in [1.54, 1.807) is 30.1 Å². The summed E-state index contributed by atoms with van der Waals surface area (Å²) in [6.07, 6.45) is 5.41. The first-order chi connectivity index (χ1) is 17.4. The van der Waals surface area contributed by atoms with Gasteiger partial charge in [-0.3, -0.25) is 14.4 Å². The number of anilines is 1. The van der Waals surface area contributed by atoms with Gasteiger partial charge in [-0.1, -0.05) is 12.8 Å². The van der Waals surface area contributed by atoms with E-state index in [1.165, 1.54) is 0 Å². The van der Waals surface area contributed by atoms with Crippen LogP contribution in [0.4, 0.5) is 5.69 Å². The zero-order valence-corrected chi connectivity index (χ0v) is 21.4. The first kappa shape index (κ1) is 25.0. The first-order valence-electron chi connectivity index (χ1n) is 13.4. The number of nitrogens with one attached hydrogen (secondary N) is 1. The molecule has 2 saturated heterocycles. The maximum Gasteiger partial charge on any atom is 0.257 e. The monoisotopic (exact) mass is 498 g/mol. The molecule has 1 aliphatic carbocycles. The van der Waals surface area contributed by atoms with Gasteiger partial charge in [-0.25, -0.2) is 0 Å². The van der Waals surface area contributed by atoms with Gasteiger partial charge in [0.15, 0.2) is 0 Å². The summed E-state index contributed by atoms with van der Waals surface area (Å²) in [7, 11) is 3.88. The lowest BCUT2D eigenvalue weighted by molar-refractivity contribution is -0.144. The summed E-state index contributed by atoms with van der Waals surface area (Å²) >= 11 is 0. The van der Waals surface area contributed by atoms with Crippen molar-refractivity contribution in [3.05, 3.63) is 23.8 Å². The summed E-state index contributed by atoms with van der Waals surface area (Å²) in [5.74, 6) is 0.562. The predicted octanol–water partition coefficient (Wildman–Crippen LogP) is 2.36. The van der Waals surface area contributed by atoms with Crippen molar-refractivity contribution in [1.82, 2.24) is 14.7 Å². The molecule has 1 saturated carbocycles. The Morgan fingerprint density at radius 3 is 2.53 bits per heavy atom. The molecular weight excluding hydrogens is 460 g/mol. The molecule has 9 heteroatoms. The number of piperazine rings is 1. The molecule has 1 aromatic carbocycles. The number of hydrogen-bond donors (Lipinski definition) is 1. The SMILES string of the molecule is CN1CCN(C(=O)C[C@H]2CC[C@H]3[C@H](COc4ccc(NC(=O)C5CCCC5)cc4C(=O)N3C)O2)CC1. The van der Waals surface area contributed by atoms with Crippen molar-refractivity contribution in [2.75, 3.05) is 52.2 Å². The Balaban J connectivity index is 1.23. The molecule has 3 aliphatic heterocycles. The normalized spacial score (nSPS) is 27.5. The number of fused-ring (bicyclic) bond motifs is 2. The number of amides is 3. The highest BCUT2D eigenvalue weighted by Gasteiger charge is 2.39. The maximum atomic E-state index is 13.4. The van der Waals surface area contributed by atoms with E-state index in [-0.39, 0.29) is 41.9 Å². The van der Waals surface area contributed by atoms with Crippen LogP contribution in [0.25, 0.3) is 0 Å². The van der Waals surface area contributed by atoms with E-state index < -0.39 is 0 Å². The maximum absolute atomic E-state index is 13.4. The number of ether oxygens (including phenoxy) is 2. The van der Waals surface area contributed by atoms with Crippen LogP contribution in [-0.4, -0.2) is 97.6 Å². The summed E-state index contributed by atoms with van der Waals surface area (Å²) in [5.41, 5.74) is 1.07. The molecule has 1 N–H and O–H groups in total. The van der Waals surface area contributed by atoms with Crippen molar-refractivity contribution in [3.63, 3.8) is 0 Å². The van der Waals surface area contributed by atoms with Crippen LogP contribution in [0.15, 0.2) is 18.2 Å². The molecule has 0 aromatic heterocycles. The van der Waals surface area contributed by atoms with Gasteiger partial charge < -0.3 is 29.5 Å². The van der Waals surface area contributed by atoms with Crippen LogP contribution < -0.4 is 10.1 Å². The van der Waals surface area contributed by atoms with Crippen LogP contribution in [0.5, 0.6) is 5.75 Å². The van der Waals surface area contributed by atoms with Gasteiger partial charge in [0.25, 0.3) is 5.91 Å².